The first-order chi connectivity index (χ1) is 7.56. The van der Waals surface area contributed by atoms with Gasteiger partial charge in [-0.2, -0.15) is 0 Å². The molecule has 0 N–H and O–H groups in total. The molecule has 0 fully saturated rings. The third kappa shape index (κ3) is 3.84. The van der Waals surface area contributed by atoms with Crippen LogP contribution in [0.4, 0.5) is 0 Å². The van der Waals surface area contributed by atoms with Crippen LogP contribution in [0.3, 0.4) is 0 Å². The van der Waals surface area contributed by atoms with Crippen molar-refractivity contribution in [3.63, 3.8) is 0 Å². The van der Waals surface area contributed by atoms with Crippen LogP contribution in [-0.4, -0.2) is 14.9 Å². The summed E-state index contributed by atoms with van der Waals surface area (Å²) in [6, 6.07) is 0. The van der Waals surface area contributed by atoms with Crippen LogP contribution in [0.15, 0.2) is 11.0 Å². The molecule has 3 nitrogen and oxygen atoms in total. The van der Waals surface area contributed by atoms with Crippen LogP contribution in [0.2, 0.25) is 0 Å². The van der Waals surface area contributed by atoms with Gasteiger partial charge in [-0.1, -0.05) is 22.9 Å². The Bertz CT molecular complexity index is 405. The Kier molecular flexibility index (Phi) is 5.96. The van der Waals surface area contributed by atoms with Crippen molar-refractivity contribution in [3.8, 4) is 0 Å². The maximum Gasteiger partial charge on any atom is 0.266 e. The van der Waals surface area contributed by atoms with Crippen molar-refractivity contribution in [3.05, 3.63) is 25.9 Å². The summed E-state index contributed by atoms with van der Waals surface area (Å²) in [6.07, 6.45) is 3.80. The van der Waals surface area contributed by atoms with Crippen LogP contribution in [0.25, 0.3) is 0 Å². The highest BCUT2D eigenvalue weighted by Gasteiger charge is 2.07. The SMILES string of the molecule is Cc1ncc(I)c(=O)n1CCC(C)CCBr. The smallest absolute Gasteiger partial charge is 0.266 e. The molecule has 0 aliphatic carbocycles. The van der Waals surface area contributed by atoms with Gasteiger partial charge in [0, 0.05) is 18.1 Å². The predicted molar refractivity (Wildman–Crippen MR) is 78.1 cm³/mol. The largest absolute Gasteiger partial charge is 0.296 e. The molecule has 5 heteroatoms. The van der Waals surface area contributed by atoms with E-state index in [1.807, 2.05) is 29.5 Å². The van der Waals surface area contributed by atoms with E-state index in [1.54, 1.807) is 10.8 Å². The Hall–Kier alpha value is 0.0900. The molecule has 90 valence electrons. The molecule has 1 rings (SSSR count). The van der Waals surface area contributed by atoms with Gasteiger partial charge in [-0.3, -0.25) is 9.36 Å². The monoisotopic (exact) mass is 398 g/mol. The third-order valence-corrected chi connectivity index (χ3v) is 3.85. The molecular formula is C11H16BrIN2O. The molecule has 16 heavy (non-hydrogen) atoms. The summed E-state index contributed by atoms with van der Waals surface area (Å²) in [5.41, 5.74) is 0.0825. The Morgan fingerprint density at radius 3 is 2.88 bits per heavy atom. The third-order valence-electron chi connectivity index (χ3n) is 2.65. The van der Waals surface area contributed by atoms with E-state index >= 15 is 0 Å². The molecule has 1 atom stereocenters. The van der Waals surface area contributed by atoms with Gasteiger partial charge in [0.15, 0.2) is 0 Å². The molecule has 0 radical (unpaired) electrons. The van der Waals surface area contributed by atoms with Crippen LogP contribution in [0.5, 0.6) is 0 Å². The number of hydrogen-bond donors (Lipinski definition) is 0. The normalized spacial score (nSPS) is 12.8. The van der Waals surface area contributed by atoms with Gasteiger partial charge in [0.2, 0.25) is 0 Å². The average Bonchev–Trinajstić information content (AvgIpc) is 2.24. The van der Waals surface area contributed by atoms with E-state index in [2.05, 4.69) is 27.8 Å². The molecule has 1 aromatic rings. The summed E-state index contributed by atoms with van der Waals surface area (Å²) in [6.45, 7) is 4.86. The van der Waals surface area contributed by atoms with Crippen LogP contribution in [0.1, 0.15) is 25.6 Å². The Balaban J connectivity index is 2.74. The summed E-state index contributed by atoms with van der Waals surface area (Å²) in [4.78, 5) is 16.1. The van der Waals surface area contributed by atoms with Gasteiger partial charge in [0.25, 0.3) is 5.56 Å². The van der Waals surface area contributed by atoms with Gasteiger partial charge in [0.1, 0.15) is 5.82 Å². The van der Waals surface area contributed by atoms with E-state index < -0.39 is 0 Å². The Morgan fingerprint density at radius 2 is 2.25 bits per heavy atom. The number of aryl methyl sites for hydroxylation is 1. The highest BCUT2D eigenvalue weighted by atomic mass is 127. The van der Waals surface area contributed by atoms with Crippen molar-refractivity contribution in [2.24, 2.45) is 5.92 Å². The lowest BCUT2D eigenvalue weighted by atomic mass is 10.1. The minimum atomic E-state index is 0.0825. The highest BCUT2D eigenvalue weighted by molar-refractivity contribution is 14.1. The summed E-state index contributed by atoms with van der Waals surface area (Å²) in [5, 5.41) is 1.02. The molecule has 1 unspecified atom stereocenters. The fourth-order valence-electron chi connectivity index (χ4n) is 1.49. The molecule has 0 saturated heterocycles. The zero-order valence-corrected chi connectivity index (χ0v) is 13.3. The van der Waals surface area contributed by atoms with E-state index in [0.717, 1.165) is 30.5 Å². The summed E-state index contributed by atoms with van der Waals surface area (Å²) < 4.78 is 2.46. The maximum absolute atomic E-state index is 11.9. The lowest BCUT2D eigenvalue weighted by Gasteiger charge is -2.13. The number of halogens is 2. The lowest BCUT2D eigenvalue weighted by Crippen LogP contribution is -2.26. The number of hydrogen-bond acceptors (Lipinski definition) is 2. The second kappa shape index (κ2) is 6.74. The summed E-state index contributed by atoms with van der Waals surface area (Å²) in [7, 11) is 0. The molecule has 0 aliphatic rings. The minimum Gasteiger partial charge on any atom is -0.296 e. The quantitative estimate of drug-likeness (QED) is 0.564. The molecule has 1 heterocycles. The zero-order chi connectivity index (χ0) is 12.1. The maximum atomic E-state index is 11.9. The van der Waals surface area contributed by atoms with Crippen LogP contribution >= 0.6 is 38.5 Å². The van der Waals surface area contributed by atoms with E-state index in [9.17, 15) is 4.79 Å². The van der Waals surface area contributed by atoms with Crippen LogP contribution in [-0.2, 0) is 6.54 Å². The first-order valence-corrected chi connectivity index (χ1v) is 7.54. The van der Waals surface area contributed by atoms with Crippen LogP contribution < -0.4 is 5.56 Å². The highest BCUT2D eigenvalue weighted by Crippen LogP contribution is 2.10. The van der Waals surface area contributed by atoms with Crippen LogP contribution in [0, 0.1) is 16.4 Å². The number of alkyl halides is 1. The molecular weight excluding hydrogens is 383 g/mol. The van der Waals surface area contributed by atoms with Crippen molar-refractivity contribution >= 4 is 38.5 Å². The molecule has 1 aromatic heterocycles. The number of nitrogens with zero attached hydrogens (tertiary/aromatic N) is 2. The minimum absolute atomic E-state index is 0.0825. The van der Waals surface area contributed by atoms with Crippen molar-refractivity contribution in [2.75, 3.05) is 5.33 Å². The average molecular weight is 399 g/mol. The van der Waals surface area contributed by atoms with E-state index in [0.29, 0.717) is 9.49 Å². The van der Waals surface area contributed by atoms with E-state index in [1.165, 1.54) is 0 Å². The second-order valence-electron chi connectivity index (χ2n) is 3.98. The van der Waals surface area contributed by atoms with E-state index in [4.69, 9.17) is 0 Å². The topological polar surface area (TPSA) is 34.9 Å². The zero-order valence-electron chi connectivity index (χ0n) is 9.54. The van der Waals surface area contributed by atoms with Crippen molar-refractivity contribution in [2.45, 2.75) is 33.2 Å². The van der Waals surface area contributed by atoms with Gasteiger partial charge in [-0.15, -0.1) is 0 Å². The molecule has 0 saturated carbocycles. The standard InChI is InChI=1S/C11H16BrIN2O/c1-8(3-5-12)4-6-15-9(2)14-7-10(13)11(15)16/h7-8H,3-6H2,1-2H3. The lowest BCUT2D eigenvalue weighted by molar-refractivity contribution is 0.457. The van der Waals surface area contributed by atoms with Gasteiger partial charge in [0.05, 0.1) is 3.57 Å². The van der Waals surface area contributed by atoms with Crippen molar-refractivity contribution in [1.82, 2.24) is 9.55 Å². The second-order valence-corrected chi connectivity index (χ2v) is 5.94. The fourth-order valence-corrected chi connectivity index (χ4v) is 2.71. The van der Waals surface area contributed by atoms with Crippen molar-refractivity contribution in [1.29, 1.82) is 0 Å². The van der Waals surface area contributed by atoms with Crippen molar-refractivity contribution < 1.29 is 0 Å². The molecule has 0 amide bonds. The molecule has 0 spiro atoms. The Labute approximate surface area is 118 Å². The molecule has 0 bridgehead atoms. The number of aromatic nitrogens is 2. The van der Waals surface area contributed by atoms with Gasteiger partial charge in [-0.05, 0) is 48.3 Å². The van der Waals surface area contributed by atoms with Gasteiger partial charge in [-0.25, -0.2) is 4.98 Å². The molecule has 0 aromatic carbocycles. The molecule has 0 aliphatic heterocycles. The predicted octanol–water partition coefficient (Wildman–Crippen LogP) is 2.97. The van der Waals surface area contributed by atoms with Gasteiger partial charge < -0.3 is 0 Å². The summed E-state index contributed by atoms with van der Waals surface area (Å²) in [5.74, 6) is 1.43. The Morgan fingerprint density at radius 1 is 1.56 bits per heavy atom. The van der Waals surface area contributed by atoms with E-state index in [-0.39, 0.29) is 5.56 Å². The first-order valence-electron chi connectivity index (χ1n) is 5.34. The first kappa shape index (κ1) is 14.2. The summed E-state index contributed by atoms with van der Waals surface area (Å²) >= 11 is 5.47. The number of rotatable bonds is 5. The van der Waals surface area contributed by atoms with Gasteiger partial charge >= 0.3 is 0 Å². The fraction of sp³-hybridized carbons (Fsp3) is 0.636.